The van der Waals surface area contributed by atoms with Crippen molar-refractivity contribution in [3.63, 3.8) is 0 Å². The summed E-state index contributed by atoms with van der Waals surface area (Å²) in [6, 6.07) is 7.70. The fourth-order valence-corrected chi connectivity index (χ4v) is 1.11. The molecular weight excluding hydrogens is 186 g/mol. The van der Waals surface area contributed by atoms with E-state index in [0.29, 0.717) is 0 Å². The molecule has 15 heavy (non-hydrogen) atoms. The smallest absolute Gasteiger partial charge is 0.378 e. The third-order valence-corrected chi connectivity index (χ3v) is 1.93. The second-order valence-electron chi connectivity index (χ2n) is 3.21. The number of hydrogen-bond donors (Lipinski definition) is 0. The van der Waals surface area contributed by atoms with Crippen molar-refractivity contribution in [2.24, 2.45) is 0 Å². The Bertz CT molecular complexity index is 425. The SMILES string of the molecule is [C-]#[N+]C(=Cc1ccc(N(C)C)cc1)[N+]#[C-]. The summed E-state index contributed by atoms with van der Waals surface area (Å²) in [6.07, 6.45) is 1.58. The van der Waals surface area contributed by atoms with Crippen molar-refractivity contribution in [3.05, 3.63) is 58.5 Å². The van der Waals surface area contributed by atoms with E-state index in [1.807, 2.05) is 43.3 Å². The average molecular weight is 197 g/mol. The van der Waals surface area contributed by atoms with E-state index in [4.69, 9.17) is 13.1 Å². The van der Waals surface area contributed by atoms with Gasteiger partial charge in [0.25, 0.3) is 0 Å². The summed E-state index contributed by atoms with van der Waals surface area (Å²) in [6.45, 7) is 13.5. The first-order valence-electron chi connectivity index (χ1n) is 4.41. The number of nitrogens with zero attached hydrogens (tertiary/aromatic N) is 3. The summed E-state index contributed by atoms with van der Waals surface area (Å²) in [5, 5.41) is 0. The van der Waals surface area contributed by atoms with Gasteiger partial charge in [0.1, 0.15) is 13.1 Å². The highest BCUT2D eigenvalue weighted by atomic mass is 15.1. The van der Waals surface area contributed by atoms with Crippen LogP contribution >= 0.6 is 0 Å². The van der Waals surface area contributed by atoms with Gasteiger partial charge < -0.3 is 4.90 Å². The molecule has 0 aliphatic heterocycles. The Kier molecular flexibility index (Phi) is 3.49. The summed E-state index contributed by atoms with van der Waals surface area (Å²) in [7, 11) is 3.93. The molecule has 0 N–H and O–H groups in total. The molecule has 3 heteroatoms. The van der Waals surface area contributed by atoms with Crippen LogP contribution in [-0.2, 0) is 0 Å². The quantitative estimate of drug-likeness (QED) is 0.664. The van der Waals surface area contributed by atoms with Gasteiger partial charge in [0.15, 0.2) is 0 Å². The molecule has 0 amide bonds. The molecule has 0 heterocycles. The van der Waals surface area contributed by atoms with Crippen molar-refractivity contribution in [2.45, 2.75) is 0 Å². The summed E-state index contributed by atoms with van der Waals surface area (Å²) in [4.78, 5) is 8.21. The van der Waals surface area contributed by atoms with Crippen molar-refractivity contribution in [2.75, 3.05) is 19.0 Å². The van der Waals surface area contributed by atoms with Crippen molar-refractivity contribution in [1.82, 2.24) is 0 Å². The molecule has 1 rings (SSSR count). The van der Waals surface area contributed by atoms with Crippen LogP contribution in [0.1, 0.15) is 5.56 Å². The van der Waals surface area contributed by atoms with Crippen LogP contribution in [0.4, 0.5) is 5.69 Å². The minimum Gasteiger partial charge on any atom is -0.378 e. The molecular formula is C12H11N3. The van der Waals surface area contributed by atoms with E-state index in [-0.39, 0.29) is 5.82 Å². The topological polar surface area (TPSA) is 12.0 Å². The zero-order valence-corrected chi connectivity index (χ0v) is 8.73. The first kappa shape index (κ1) is 10.8. The molecule has 0 bridgehead atoms. The Morgan fingerprint density at radius 2 is 1.67 bits per heavy atom. The maximum absolute atomic E-state index is 6.75. The van der Waals surface area contributed by atoms with Crippen LogP contribution in [0.5, 0.6) is 0 Å². The average Bonchev–Trinajstić information content (AvgIpc) is 2.26. The molecule has 0 radical (unpaired) electrons. The second-order valence-corrected chi connectivity index (χ2v) is 3.21. The molecule has 0 aromatic heterocycles. The maximum Gasteiger partial charge on any atom is 0.519 e. The summed E-state index contributed by atoms with van der Waals surface area (Å²) >= 11 is 0. The molecule has 74 valence electrons. The van der Waals surface area contributed by atoms with Gasteiger partial charge in [-0.05, 0) is 17.7 Å². The maximum atomic E-state index is 6.75. The highest BCUT2D eigenvalue weighted by Gasteiger charge is 2.02. The van der Waals surface area contributed by atoms with E-state index < -0.39 is 0 Å². The van der Waals surface area contributed by atoms with E-state index in [0.717, 1.165) is 11.3 Å². The van der Waals surface area contributed by atoms with Crippen molar-refractivity contribution in [3.8, 4) is 0 Å². The predicted molar refractivity (Wildman–Crippen MR) is 62.0 cm³/mol. The van der Waals surface area contributed by atoms with E-state index in [9.17, 15) is 0 Å². The highest BCUT2D eigenvalue weighted by Crippen LogP contribution is 2.15. The molecule has 0 spiro atoms. The first-order valence-corrected chi connectivity index (χ1v) is 4.41. The molecule has 0 fully saturated rings. The Morgan fingerprint density at radius 1 is 1.13 bits per heavy atom. The lowest BCUT2D eigenvalue weighted by Crippen LogP contribution is -2.07. The molecule has 3 nitrogen and oxygen atoms in total. The van der Waals surface area contributed by atoms with Crippen LogP contribution in [0.15, 0.2) is 30.1 Å². The van der Waals surface area contributed by atoms with Gasteiger partial charge in [0.05, 0.1) is 0 Å². The third kappa shape index (κ3) is 2.86. The number of benzene rings is 1. The lowest BCUT2D eigenvalue weighted by Gasteiger charge is -2.11. The summed E-state index contributed by atoms with van der Waals surface area (Å²) in [5.41, 5.74) is 1.97. The minimum absolute atomic E-state index is 0.0904. The molecule has 0 saturated heterocycles. The third-order valence-electron chi connectivity index (χ3n) is 1.93. The number of hydrogen-bond acceptors (Lipinski definition) is 1. The van der Waals surface area contributed by atoms with Gasteiger partial charge in [-0.1, -0.05) is 12.1 Å². The molecule has 0 atom stereocenters. The molecule has 0 aliphatic rings. The van der Waals surface area contributed by atoms with Gasteiger partial charge >= 0.3 is 5.82 Å². The monoisotopic (exact) mass is 197 g/mol. The number of anilines is 1. The Labute approximate surface area is 89.9 Å². The Morgan fingerprint density at radius 3 is 2.07 bits per heavy atom. The standard InChI is InChI=1S/C12H11N3/c1-13-12(14-2)9-10-5-7-11(8-6-10)15(3)4/h5-9H,3-4H3. The van der Waals surface area contributed by atoms with Crippen LogP contribution in [-0.4, -0.2) is 14.1 Å². The lowest BCUT2D eigenvalue weighted by molar-refractivity contribution is 1.13. The largest absolute Gasteiger partial charge is 0.519 e. The van der Waals surface area contributed by atoms with E-state index >= 15 is 0 Å². The second kappa shape index (κ2) is 4.83. The van der Waals surface area contributed by atoms with Gasteiger partial charge in [-0.15, -0.1) is 0 Å². The van der Waals surface area contributed by atoms with Crippen molar-refractivity contribution in [1.29, 1.82) is 0 Å². The van der Waals surface area contributed by atoms with E-state index in [2.05, 4.69) is 9.69 Å². The van der Waals surface area contributed by atoms with Crippen LogP contribution < -0.4 is 4.90 Å². The van der Waals surface area contributed by atoms with Gasteiger partial charge in [-0.2, -0.15) is 9.69 Å². The Balaban J connectivity index is 2.97. The normalized spacial score (nSPS) is 8.53. The molecule has 1 aromatic rings. The molecule has 0 saturated carbocycles. The first-order chi connectivity index (χ1) is 7.17. The van der Waals surface area contributed by atoms with Crippen LogP contribution in [0.2, 0.25) is 0 Å². The van der Waals surface area contributed by atoms with Gasteiger partial charge in [-0.25, -0.2) is 0 Å². The minimum atomic E-state index is 0.0904. The zero-order chi connectivity index (χ0) is 11.3. The van der Waals surface area contributed by atoms with Crippen molar-refractivity contribution >= 4 is 11.8 Å². The van der Waals surface area contributed by atoms with Gasteiger partial charge in [0.2, 0.25) is 0 Å². The fourth-order valence-electron chi connectivity index (χ4n) is 1.11. The zero-order valence-electron chi connectivity index (χ0n) is 8.73. The van der Waals surface area contributed by atoms with Crippen LogP contribution in [0, 0.1) is 13.1 Å². The molecule has 1 aromatic carbocycles. The Hall–Kier alpha value is -2.26. The van der Waals surface area contributed by atoms with Crippen molar-refractivity contribution < 1.29 is 0 Å². The van der Waals surface area contributed by atoms with E-state index in [1.54, 1.807) is 6.08 Å². The number of rotatable bonds is 2. The molecule has 0 aliphatic carbocycles. The van der Waals surface area contributed by atoms with Crippen LogP contribution in [0.3, 0.4) is 0 Å². The highest BCUT2D eigenvalue weighted by molar-refractivity contribution is 5.59. The fraction of sp³-hybridized carbons (Fsp3) is 0.167. The summed E-state index contributed by atoms with van der Waals surface area (Å²) in [5.74, 6) is 0.0904. The van der Waals surface area contributed by atoms with Gasteiger partial charge in [-0.3, -0.25) is 0 Å². The lowest BCUT2D eigenvalue weighted by atomic mass is 10.2. The van der Waals surface area contributed by atoms with E-state index in [1.165, 1.54) is 0 Å². The van der Waals surface area contributed by atoms with Gasteiger partial charge in [0, 0.05) is 25.9 Å². The predicted octanol–water partition coefficient (Wildman–Crippen LogP) is 2.89. The molecule has 0 unspecified atom stereocenters. The summed E-state index contributed by atoms with van der Waals surface area (Å²) < 4.78 is 0. The van der Waals surface area contributed by atoms with Crippen LogP contribution in [0.25, 0.3) is 15.8 Å².